The summed E-state index contributed by atoms with van der Waals surface area (Å²) in [7, 11) is 0. The quantitative estimate of drug-likeness (QED) is 0.189. The summed E-state index contributed by atoms with van der Waals surface area (Å²) in [6.07, 6.45) is 5.96. The first-order valence-electron chi connectivity index (χ1n) is 16.1. The van der Waals surface area contributed by atoms with E-state index in [2.05, 4.69) is 36.1 Å². The fraction of sp³-hybridized carbons (Fsp3) is 0.184. The average Bonchev–Trinajstić information content (AvgIpc) is 4.00. The van der Waals surface area contributed by atoms with Gasteiger partial charge in [0.15, 0.2) is 11.9 Å². The van der Waals surface area contributed by atoms with E-state index >= 15 is 0 Å². The molecule has 11 heteroatoms. The molecule has 5 aromatic rings. The van der Waals surface area contributed by atoms with Crippen LogP contribution in [-0.4, -0.2) is 44.6 Å². The van der Waals surface area contributed by atoms with Crippen molar-refractivity contribution in [1.82, 2.24) is 31.1 Å². The summed E-state index contributed by atoms with van der Waals surface area (Å²) in [5.41, 5.74) is 10.7. The van der Waals surface area contributed by atoms with Crippen LogP contribution in [-0.2, 0) is 29.2 Å². The number of aliphatic imine (C=N–C) groups is 1. The standard InChI is InChI=1S/C38H33N7O4/c46-32-18-28-13-7-8-14-30(28)33(26-11-5-2-6-12-26)42-36(32)43-38(48)45-44-37(47)34-31(29-20-40-35(41-21-29)27-15-16-27)17-25(19-39-34)23-49-22-24-9-3-1-4-10-24/h1-14,17,19-21,27,36H,15-16,18,22-23H2,(H,44,47)(H2,43,45,48)/t36-/m1/s1. The van der Waals surface area contributed by atoms with Crippen molar-refractivity contribution in [2.24, 2.45) is 4.99 Å². The Morgan fingerprint density at radius 3 is 2.18 bits per heavy atom. The fourth-order valence-corrected chi connectivity index (χ4v) is 5.61. The van der Waals surface area contributed by atoms with Crippen molar-refractivity contribution in [2.75, 3.05) is 0 Å². The lowest BCUT2D eigenvalue weighted by molar-refractivity contribution is -0.120. The second kappa shape index (κ2) is 14.4. The molecule has 3 N–H and O–H groups in total. The first-order chi connectivity index (χ1) is 24.0. The van der Waals surface area contributed by atoms with Gasteiger partial charge in [-0.3, -0.25) is 20.0 Å². The molecule has 244 valence electrons. The maximum absolute atomic E-state index is 13.5. The monoisotopic (exact) mass is 651 g/mol. The van der Waals surface area contributed by atoms with Gasteiger partial charge in [-0.2, -0.15) is 0 Å². The van der Waals surface area contributed by atoms with Gasteiger partial charge in [-0.05, 0) is 35.6 Å². The second-order valence-corrected chi connectivity index (χ2v) is 11.9. The number of urea groups is 1. The summed E-state index contributed by atoms with van der Waals surface area (Å²) >= 11 is 0. The summed E-state index contributed by atoms with van der Waals surface area (Å²) in [6.45, 7) is 0.687. The van der Waals surface area contributed by atoms with Crippen LogP contribution in [0.5, 0.6) is 0 Å². The zero-order valence-electron chi connectivity index (χ0n) is 26.5. The highest BCUT2D eigenvalue weighted by atomic mass is 16.5. The molecule has 0 bridgehead atoms. The molecule has 1 fully saturated rings. The summed E-state index contributed by atoms with van der Waals surface area (Å²) in [5, 5.41) is 2.61. The minimum atomic E-state index is -1.18. The number of hydrazine groups is 1. The van der Waals surface area contributed by atoms with Crippen LogP contribution >= 0.6 is 0 Å². The predicted octanol–water partition coefficient (Wildman–Crippen LogP) is 5.07. The van der Waals surface area contributed by atoms with Gasteiger partial charge in [-0.15, -0.1) is 0 Å². The van der Waals surface area contributed by atoms with E-state index < -0.39 is 18.1 Å². The normalized spacial score (nSPS) is 15.4. The summed E-state index contributed by atoms with van der Waals surface area (Å²) in [4.78, 5) is 57.9. The fourth-order valence-electron chi connectivity index (χ4n) is 5.61. The molecule has 0 unspecified atom stereocenters. The molecule has 3 heterocycles. The van der Waals surface area contributed by atoms with E-state index in [-0.39, 0.29) is 24.5 Å². The van der Waals surface area contributed by atoms with Gasteiger partial charge in [0.1, 0.15) is 11.5 Å². The number of pyridine rings is 1. The van der Waals surface area contributed by atoms with Crippen LogP contribution in [0, 0.1) is 0 Å². The molecule has 11 nitrogen and oxygen atoms in total. The third kappa shape index (κ3) is 7.58. The van der Waals surface area contributed by atoms with E-state index in [1.807, 2.05) is 91.0 Å². The average molecular weight is 652 g/mol. The van der Waals surface area contributed by atoms with Crippen molar-refractivity contribution in [3.63, 3.8) is 0 Å². The molecule has 49 heavy (non-hydrogen) atoms. The summed E-state index contributed by atoms with van der Waals surface area (Å²) in [5.74, 6) is 0.195. The van der Waals surface area contributed by atoms with Gasteiger partial charge in [-0.1, -0.05) is 84.9 Å². The number of amides is 3. The Kier molecular flexibility index (Phi) is 9.24. The molecule has 3 amide bonds. The van der Waals surface area contributed by atoms with Crippen molar-refractivity contribution in [3.8, 4) is 11.1 Å². The van der Waals surface area contributed by atoms with Gasteiger partial charge in [0.2, 0.25) is 0 Å². The summed E-state index contributed by atoms with van der Waals surface area (Å²) < 4.78 is 5.91. The Balaban J connectivity index is 1.06. The van der Waals surface area contributed by atoms with Crippen LogP contribution < -0.4 is 16.2 Å². The van der Waals surface area contributed by atoms with Crippen LogP contribution in [0.15, 0.2) is 115 Å². The van der Waals surface area contributed by atoms with E-state index in [0.717, 1.165) is 46.5 Å². The van der Waals surface area contributed by atoms with Gasteiger partial charge in [-0.25, -0.2) is 25.2 Å². The minimum Gasteiger partial charge on any atom is -0.372 e. The van der Waals surface area contributed by atoms with Crippen molar-refractivity contribution in [3.05, 3.63) is 149 Å². The highest BCUT2D eigenvalue weighted by molar-refractivity contribution is 6.16. The smallest absolute Gasteiger partial charge is 0.335 e. The number of rotatable bonds is 9. The third-order valence-corrected chi connectivity index (χ3v) is 8.27. The van der Waals surface area contributed by atoms with Crippen molar-refractivity contribution >= 4 is 23.4 Å². The number of hydrogen-bond acceptors (Lipinski definition) is 8. The topological polar surface area (TPSA) is 148 Å². The molecule has 1 atom stereocenters. The maximum Gasteiger partial charge on any atom is 0.335 e. The number of hydrogen-bond donors (Lipinski definition) is 3. The van der Waals surface area contributed by atoms with Crippen molar-refractivity contribution < 1.29 is 19.1 Å². The molecular formula is C38H33N7O4. The SMILES string of the molecule is O=C(NNC(=O)c1ncc(COCc2ccccc2)cc1-c1cnc(C2CC2)nc1)N[C@H]1N=C(c2ccccc2)c2ccccc2CC1=O. The number of aromatic nitrogens is 3. The van der Waals surface area contributed by atoms with Crippen LogP contribution in [0.25, 0.3) is 11.1 Å². The Morgan fingerprint density at radius 1 is 0.735 bits per heavy atom. The van der Waals surface area contributed by atoms with Gasteiger partial charge in [0.05, 0.1) is 18.9 Å². The van der Waals surface area contributed by atoms with Crippen LogP contribution in [0.2, 0.25) is 0 Å². The zero-order chi connectivity index (χ0) is 33.6. The number of nitrogens with one attached hydrogen (secondary N) is 3. The van der Waals surface area contributed by atoms with Crippen LogP contribution in [0.1, 0.15) is 62.9 Å². The number of nitrogens with zero attached hydrogens (tertiary/aromatic N) is 4. The lowest BCUT2D eigenvalue weighted by Gasteiger charge is -2.15. The van der Waals surface area contributed by atoms with E-state index in [4.69, 9.17) is 4.74 Å². The number of carbonyl (C=O) groups excluding carboxylic acids is 3. The Bertz CT molecular complexity index is 2010. The Morgan fingerprint density at radius 2 is 1.43 bits per heavy atom. The van der Waals surface area contributed by atoms with E-state index in [1.165, 1.54) is 0 Å². The highest BCUT2D eigenvalue weighted by Gasteiger charge is 2.28. The van der Waals surface area contributed by atoms with Gasteiger partial charge in [0, 0.05) is 53.2 Å². The van der Waals surface area contributed by atoms with Gasteiger partial charge >= 0.3 is 6.03 Å². The van der Waals surface area contributed by atoms with E-state index in [9.17, 15) is 14.4 Å². The number of fused-ring (bicyclic) bond motifs is 1. The van der Waals surface area contributed by atoms with Gasteiger partial charge in [0.25, 0.3) is 5.91 Å². The Hall–Kier alpha value is -6.07. The van der Waals surface area contributed by atoms with E-state index in [0.29, 0.717) is 29.4 Å². The maximum atomic E-state index is 13.5. The van der Waals surface area contributed by atoms with Crippen LogP contribution in [0.4, 0.5) is 4.79 Å². The lowest BCUT2D eigenvalue weighted by Crippen LogP contribution is -2.51. The molecule has 0 saturated heterocycles. The van der Waals surface area contributed by atoms with Crippen molar-refractivity contribution in [2.45, 2.75) is 44.6 Å². The zero-order valence-corrected chi connectivity index (χ0v) is 26.5. The molecule has 2 aliphatic rings. The molecule has 0 radical (unpaired) electrons. The molecule has 2 aromatic heterocycles. The number of Topliss-reactive ketones (excluding diaryl/α,β-unsaturated/α-hetero) is 1. The summed E-state index contributed by atoms with van der Waals surface area (Å²) in [6, 6.07) is 27.8. The predicted molar refractivity (Wildman–Crippen MR) is 182 cm³/mol. The van der Waals surface area contributed by atoms with E-state index in [1.54, 1.807) is 18.6 Å². The molecular weight excluding hydrogens is 618 g/mol. The molecule has 7 rings (SSSR count). The number of ether oxygens (including phenoxy) is 1. The Labute approximate surface area is 282 Å². The number of ketones is 1. The number of benzene rings is 3. The molecule has 1 aliphatic heterocycles. The number of carbonyl (C=O) groups is 3. The first kappa shape index (κ1) is 31.5. The molecule has 1 saturated carbocycles. The molecule has 1 aliphatic carbocycles. The third-order valence-electron chi connectivity index (χ3n) is 8.27. The van der Waals surface area contributed by atoms with Gasteiger partial charge < -0.3 is 10.1 Å². The van der Waals surface area contributed by atoms with Crippen molar-refractivity contribution in [1.29, 1.82) is 0 Å². The van der Waals surface area contributed by atoms with Crippen LogP contribution in [0.3, 0.4) is 0 Å². The highest BCUT2D eigenvalue weighted by Crippen LogP contribution is 2.38. The molecule has 3 aromatic carbocycles. The largest absolute Gasteiger partial charge is 0.372 e. The second-order valence-electron chi connectivity index (χ2n) is 11.9. The lowest BCUT2D eigenvalue weighted by atomic mass is 9.96. The first-order valence-corrected chi connectivity index (χ1v) is 16.1. The minimum absolute atomic E-state index is 0.0558. The molecule has 0 spiro atoms.